The molecule has 2 N–H and O–H groups in total. The Balaban J connectivity index is 1.63. The van der Waals surface area contributed by atoms with Crippen molar-refractivity contribution in [3.8, 4) is 0 Å². The molecule has 1 aromatic carbocycles. The molecule has 1 aliphatic rings. The summed E-state index contributed by atoms with van der Waals surface area (Å²) in [6, 6.07) is 8.93. The first-order valence-corrected chi connectivity index (χ1v) is 7.85. The van der Waals surface area contributed by atoms with E-state index in [2.05, 4.69) is 10.3 Å². The van der Waals surface area contributed by atoms with E-state index < -0.39 is 5.97 Å². The molecule has 1 amide bonds. The van der Waals surface area contributed by atoms with Gasteiger partial charge in [0.1, 0.15) is 0 Å². The second-order valence-corrected chi connectivity index (χ2v) is 5.86. The lowest BCUT2D eigenvalue weighted by Crippen LogP contribution is -2.38. The zero-order valence-electron chi connectivity index (χ0n) is 13.1. The Morgan fingerprint density at radius 1 is 1.25 bits per heavy atom. The zero-order chi connectivity index (χ0) is 16.9. The second kappa shape index (κ2) is 7.08. The molecule has 0 bridgehead atoms. The monoisotopic (exact) mass is 322 g/mol. The van der Waals surface area contributed by atoms with Crippen LogP contribution < -0.4 is 5.32 Å². The van der Waals surface area contributed by atoms with Gasteiger partial charge in [-0.05, 0) is 60.2 Å². The molecule has 0 spiro atoms. The molecule has 0 radical (unpaired) electrons. The first-order chi connectivity index (χ1) is 11.6. The maximum absolute atomic E-state index is 12.1. The highest BCUT2D eigenvalue weighted by Crippen LogP contribution is 2.23. The van der Waals surface area contributed by atoms with Crippen LogP contribution in [0.4, 0.5) is 0 Å². The number of amides is 1. The van der Waals surface area contributed by atoms with Crippen molar-refractivity contribution in [3.63, 3.8) is 0 Å². The van der Waals surface area contributed by atoms with Crippen LogP contribution in [0, 0.1) is 0 Å². The Bertz CT molecular complexity index is 784. The van der Waals surface area contributed by atoms with Crippen molar-refractivity contribution in [2.24, 2.45) is 0 Å². The van der Waals surface area contributed by atoms with Gasteiger partial charge in [-0.1, -0.05) is 12.1 Å². The van der Waals surface area contributed by atoms with Crippen LogP contribution in [0.15, 0.2) is 48.8 Å². The molecule has 1 atom stereocenters. The summed E-state index contributed by atoms with van der Waals surface area (Å²) in [4.78, 5) is 27.1. The van der Waals surface area contributed by atoms with E-state index in [1.807, 2.05) is 18.2 Å². The number of fused-ring (bicyclic) bond motifs is 1. The third kappa shape index (κ3) is 3.87. The molecule has 0 aliphatic heterocycles. The van der Waals surface area contributed by atoms with Crippen LogP contribution in [0.3, 0.4) is 0 Å². The molecule has 0 fully saturated rings. The maximum Gasteiger partial charge on any atom is 0.335 e. The Kier molecular flexibility index (Phi) is 4.70. The third-order valence-electron chi connectivity index (χ3n) is 4.14. The molecular formula is C19H18N2O3. The van der Waals surface area contributed by atoms with Crippen molar-refractivity contribution in [1.82, 2.24) is 10.3 Å². The minimum atomic E-state index is -0.927. The number of aromatic carboxylic acids is 1. The number of carboxylic acid groups (broad SMARTS) is 1. The number of hydrogen-bond donors (Lipinski definition) is 2. The van der Waals surface area contributed by atoms with E-state index in [1.54, 1.807) is 30.6 Å². The molecule has 3 rings (SSSR count). The van der Waals surface area contributed by atoms with Crippen molar-refractivity contribution >= 4 is 18.0 Å². The van der Waals surface area contributed by atoms with Crippen LogP contribution in [0.5, 0.6) is 0 Å². The predicted octanol–water partition coefficient (Wildman–Crippen LogP) is 2.47. The standard InChI is InChI=1S/C19H18N2O3/c22-18(8-3-13-2-1-9-20-12-13)21-17-7-6-14-4-5-15(19(23)24)10-16(14)11-17/h1-5,8-10,12,17H,6-7,11H2,(H,21,22)(H,23,24). The van der Waals surface area contributed by atoms with Gasteiger partial charge in [-0.2, -0.15) is 0 Å². The molecule has 0 saturated heterocycles. The van der Waals surface area contributed by atoms with Gasteiger partial charge in [-0.15, -0.1) is 0 Å². The van der Waals surface area contributed by atoms with Crippen molar-refractivity contribution in [3.05, 3.63) is 71.1 Å². The molecule has 2 aromatic rings. The molecule has 1 aromatic heterocycles. The topological polar surface area (TPSA) is 79.3 Å². The summed E-state index contributed by atoms with van der Waals surface area (Å²) in [5.74, 6) is -1.08. The Hall–Kier alpha value is -2.95. The van der Waals surface area contributed by atoms with Crippen molar-refractivity contribution in [2.75, 3.05) is 0 Å². The SMILES string of the molecule is O=C(C=Cc1cccnc1)NC1CCc2ccc(C(=O)O)cc2C1. The average molecular weight is 322 g/mol. The van der Waals surface area contributed by atoms with Crippen LogP contribution >= 0.6 is 0 Å². The van der Waals surface area contributed by atoms with Crippen LogP contribution in [-0.4, -0.2) is 28.0 Å². The molecule has 122 valence electrons. The van der Waals surface area contributed by atoms with Gasteiger partial charge in [-0.3, -0.25) is 9.78 Å². The summed E-state index contributed by atoms with van der Waals surface area (Å²) < 4.78 is 0. The van der Waals surface area contributed by atoms with Gasteiger partial charge in [0.25, 0.3) is 0 Å². The Morgan fingerprint density at radius 2 is 2.12 bits per heavy atom. The summed E-state index contributed by atoms with van der Waals surface area (Å²) in [5, 5.41) is 12.1. The minimum Gasteiger partial charge on any atom is -0.478 e. The van der Waals surface area contributed by atoms with E-state index in [0.717, 1.165) is 29.5 Å². The van der Waals surface area contributed by atoms with Crippen LogP contribution in [0.1, 0.15) is 33.5 Å². The van der Waals surface area contributed by atoms with Gasteiger partial charge in [-0.25, -0.2) is 4.79 Å². The second-order valence-electron chi connectivity index (χ2n) is 5.86. The normalized spacial score (nSPS) is 16.6. The number of nitrogens with zero attached hydrogens (tertiary/aromatic N) is 1. The number of aryl methyl sites for hydroxylation is 1. The van der Waals surface area contributed by atoms with Gasteiger partial charge in [0.2, 0.25) is 5.91 Å². The zero-order valence-corrected chi connectivity index (χ0v) is 13.1. The fourth-order valence-electron chi connectivity index (χ4n) is 2.91. The number of nitrogens with one attached hydrogen (secondary N) is 1. The van der Waals surface area contributed by atoms with E-state index in [-0.39, 0.29) is 17.5 Å². The van der Waals surface area contributed by atoms with Crippen LogP contribution in [0.2, 0.25) is 0 Å². The molecular weight excluding hydrogens is 304 g/mol. The lowest BCUT2D eigenvalue weighted by atomic mass is 9.87. The number of aromatic nitrogens is 1. The Morgan fingerprint density at radius 3 is 2.88 bits per heavy atom. The number of carbonyl (C=O) groups excluding carboxylic acids is 1. The molecule has 1 aliphatic carbocycles. The predicted molar refractivity (Wildman–Crippen MR) is 90.6 cm³/mol. The van der Waals surface area contributed by atoms with Crippen molar-refractivity contribution < 1.29 is 14.7 Å². The largest absolute Gasteiger partial charge is 0.478 e. The Labute approximate surface area is 140 Å². The highest BCUT2D eigenvalue weighted by atomic mass is 16.4. The van der Waals surface area contributed by atoms with E-state index in [4.69, 9.17) is 5.11 Å². The van der Waals surface area contributed by atoms with Gasteiger partial charge < -0.3 is 10.4 Å². The van der Waals surface area contributed by atoms with E-state index in [0.29, 0.717) is 6.42 Å². The molecule has 24 heavy (non-hydrogen) atoms. The smallest absolute Gasteiger partial charge is 0.335 e. The number of benzene rings is 1. The number of rotatable bonds is 4. The summed E-state index contributed by atoms with van der Waals surface area (Å²) in [5.41, 5.74) is 3.32. The van der Waals surface area contributed by atoms with E-state index in [1.165, 1.54) is 6.08 Å². The molecule has 5 nitrogen and oxygen atoms in total. The number of carboxylic acids is 1. The van der Waals surface area contributed by atoms with E-state index >= 15 is 0 Å². The first kappa shape index (κ1) is 15.9. The fourth-order valence-corrected chi connectivity index (χ4v) is 2.91. The summed E-state index contributed by atoms with van der Waals surface area (Å²) >= 11 is 0. The number of pyridine rings is 1. The fraction of sp³-hybridized carbons (Fsp3) is 0.211. The van der Waals surface area contributed by atoms with Gasteiger partial charge in [0.15, 0.2) is 0 Å². The summed E-state index contributed by atoms with van der Waals surface area (Å²) in [6.45, 7) is 0. The average Bonchev–Trinajstić information content (AvgIpc) is 2.60. The highest BCUT2D eigenvalue weighted by Gasteiger charge is 2.20. The molecule has 1 unspecified atom stereocenters. The molecule has 1 heterocycles. The quantitative estimate of drug-likeness (QED) is 0.848. The lowest BCUT2D eigenvalue weighted by molar-refractivity contribution is -0.117. The number of carbonyl (C=O) groups is 2. The third-order valence-corrected chi connectivity index (χ3v) is 4.14. The van der Waals surface area contributed by atoms with Crippen LogP contribution in [0.25, 0.3) is 6.08 Å². The van der Waals surface area contributed by atoms with Crippen molar-refractivity contribution in [1.29, 1.82) is 0 Å². The molecule has 0 saturated carbocycles. The van der Waals surface area contributed by atoms with Gasteiger partial charge in [0, 0.05) is 24.5 Å². The van der Waals surface area contributed by atoms with Crippen LogP contribution in [-0.2, 0) is 17.6 Å². The molecule has 5 heteroatoms. The van der Waals surface area contributed by atoms with E-state index in [9.17, 15) is 9.59 Å². The highest BCUT2D eigenvalue weighted by molar-refractivity contribution is 5.92. The summed E-state index contributed by atoms with van der Waals surface area (Å²) in [7, 11) is 0. The van der Waals surface area contributed by atoms with Gasteiger partial charge >= 0.3 is 5.97 Å². The first-order valence-electron chi connectivity index (χ1n) is 7.85. The maximum atomic E-state index is 12.1. The number of hydrogen-bond acceptors (Lipinski definition) is 3. The van der Waals surface area contributed by atoms with Crippen molar-refractivity contribution in [2.45, 2.75) is 25.3 Å². The van der Waals surface area contributed by atoms with Gasteiger partial charge in [0.05, 0.1) is 5.56 Å². The minimum absolute atomic E-state index is 0.0209. The summed E-state index contributed by atoms with van der Waals surface area (Å²) in [6.07, 6.45) is 8.94. The lowest BCUT2D eigenvalue weighted by Gasteiger charge is -2.25.